The third-order valence-electron chi connectivity index (χ3n) is 5.25. The molecule has 0 aliphatic carbocycles. The topological polar surface area (TPSA) is 101 Å². The Morgan fingerprint density at radius 1 is 1.29 bits per heavy atom. The van der Waals surface area contributed by atoms with E-state index in [9.17, 15) is 9.59 Å². The molecule has 1 fully saturated rings. The number of rotatable bonds is 6. The van der Waals surface area contributed by atoms with Gasteiger partial charge in [0.1, 0.15) is 5.69 Å². The van der Waals surface area contributed by atoms with Crippen LogP contribution < -0.4 is 16.0 Å². The first kappa shape index (κ1) is 20.0. The molecule has 1 aliphatic heterocycles. The molecule has 1 aromatic carbocycles. The Labute approximate surface area is 165 Å². The van der Waals surface area contributed by atoms with Crippen LogP contribution in [-0.4, -0.2) is 46.4 Å². The van der Waals surface area contributed by atoms with Gasteiger partial charge in [0.25, 0.3) is 5.91 Å². The van der Waals surface area contributed by atoms with E-state index in [1.165, 1.54) is 5.56 Å². The highest BCUT2D eigenvalue weighted by atomic mass is 16.2. The van der Waals surface area contributed by atoms with E-state index in [1.807, 2.05) is 44.3 Å². The molecule has 28 heavy (non-hydrogen) atoms. The lowest BCUT2D eigenvalue weighted by molar-refractivity contribution is -0.122. The summed E-state index contributed by atoms with van der Waals surface area (Å²) in [6, 6.07) is 7.44. The van der Waals surface area contributed by atoms with Crippen molar-refractivity contribution in [3.8, 4) is 0 Å². The predicted molar refractivity (Wildman–Crippen MR) is 106 cm³/mol. The third kappa shape index (κ3) is 4.22. The number of aromatic nitrogens is 3. The van der Waals surface area contributed by atoms with Crippen LogP contribution in [0.2, 0.25) is 0 Å². The molecule has 8 heteroatoms. The van der Waals surface area contributed by atoms with Crippen molar-refractivity contribution in [2.45, 2.75) is 51.2 Å². The lowest BCUT2D eigenvalue weighted by atomic mass is 10.00. The molecule has 1 saturated heterocycles. The number of aryl methyl sites for hydroxylation is 1. The summed E-state index contributed by atoms with van der Waals surface area (Å²) < 4.78 is 1.77. The van der Waals surface area contributed by atoms with E-state index in [4.69, 9.17) is 0 Å². The number of hydrogen-bond acceptors (Lipinski definition) is 5. The van der Waals surface area contributed by atoms with Gasteiger partial charge in [0.05, 0.1) is 23.8 Å². The second-order valence-electron chi connectivity index (χ2n) is 7.68. The van der Waals surface area contributed by atoms with Gasteiger partial charge >= 0.3 is 0 Å². The van der Waals surface area contributed by atoms with Crippen molar-refractivity contribution in [1.29, 1.82) is 0 Å². The molecule has 1 aliphatic rings. The van der Waals surface area contributed by atoms with E-state index in [2.05, 4.69) is 33.2 Å². The summed E-state index contributed by atoms with van der Waals surface area (Å²) in [5.74, 6) is -0.172. The van der Waals surface area contributed by atoms with E-state index in [1.54, 1.807) is 11.7 Å². The smallest absolute Gasteiger partial charge is 0.252 e. The van der Waals surface area contributed by atoms with Crippen molar-refractivity contribution in [1.82, 2.24) is 30.9 Å². The molecule has 2 aromatic rings. The van der Waals surface area contributed by atoms with E-state index in [-0.39, 0.29) is 23.9 Å². The highest BCUT2D eigenvalue weighted by Gasteiger charge is 2.32. The third-order valence-corrected chi connectivity index (χ3v) is 5.25. The largest absolute Gasteiger partial charge is 0.358 e. The molecule has 0 spiro atoms. The van der Waals surface area contributed by atoms with Crippen LogP contribution in [0.15, 0.2) is 30.5 Å². The Morgan fingerprint density at radius 3 is 2.64 bits per heavy atom. The second kappa shape index (κ2) is 8.10. The summed E-state index contributed by atoms with van der Waals surface area (Å²) in [6.07, 6.45) is 3.44. The number of likely N-dealkylation sites (N-methyl/N-ethyl adjacent to an activating group) is 1. The molecule has 2 atom stereocenters. The molecule has 1 aromatic heterocycles. The minimum Gasteiger partial charge on any atom is -0.358 e. The normalized spacial score (nSPS) is 19.4. The van der Waals surface area contributed by atoms with Gasteiger partial charge in [0.2, 0.25) is 5.91 Å². The van der Waals surface area contributed by atoms with Crippen LogP contribution in [-0.2, 0) is 16.8 Å². The summed E-state index contributed by atoms with van der Waals surface area (Å²) in [5.41, 5.74) is 1.81. The predicted octanol–water partition coefficient (Wildman–Crippen LogP) is 1.15. The number of carbonyl (C=O) groups is 2. The number of benzene rings is 1. The maximum absolute atomic E-state index is 12.6. The first-order valence-electron chi connectivity index (χ1n) is 9.62. The number of amides is 2. The van der Waals surface area contributed by atoms with Gasteiger partial charge in [-0.15, -0.1) is 5.10 Å². The molecular formula is C20H28N6O2. The molecular weight excluding hydrogens is 356 g/mol. The quantitative estimate of drug-likeness (QED) is 0.694. The lowest BCUT2D eigenvalue weighted by Crippen LogP contribution is -2.41. The van der Waals surface area contributed by atoms with Gasteiger partial charge in [-0.2, -0.15) is 0 Å². The zero-order valence-corrected chi connectivity index (χ0v) is 16.8. The summed E-state index contributed by atoms with van der Waals surface area (Å²) in [6.45, 7) is 6.54. The van der Waals surface area contributed by atoms with E-state index < -0.39 is 5.54 Å². The fourth-order valence-electron chi connectivity index (χ4n) is 3.35. The van der Waals surface area contributed by atoms with Gasteiger partial charge < -0.3 is 16.0 Å². The van der Waals surface area contributed by atoms with Gasteiger partial charge in [-0.3, -0.25) is 9.59 Å². The molecule has 3 rings (SSSR count). The fourth-order valence-corrected chi connectivity index (χ4v) is 3.35. The van der Waals surface area contributed by atoms with Crippen molar-refractivity contribution in [2.24, 2.45) is 0 Å². The molecule has 0 radical (unpaired) electrons. The van der Waals surface area contributed by atoms with E-state index in [0.29, 0.717) is 24.2 Å². The maximum atomic E-state index is 12.6. The molecule has 2 heterocycles. The van der Waals surface area contributed by atoms with Crippen LogP contribution in [0.5, 0.6) is 0 Å². The van der Waals surface area contributed by atoms with Crippen LogP contribution in [0, 0.1) is 0 Å². The SMILES string of the molecule is CCc1ccc(C(=O)NC(C)(C)c2cn([C@H]3CN[C@H](C(=O)NC)C3)nn2)cc1. The summed E-state index contributed by atoms with van der Waals surface area (Å²) >= 11 is 0. The maximum Gasteiger partial charge on any atom is 0.252 e. The van der Waals surface area contributed by atoms with Crippen LogP contribution in [0.25, 0.3) is 0 Å². The Bertz CT molecular complexity index is 843. The van der Waals surface area contributed by atoms with Gasteiger partial charge in [-0.1, -0.05) is 24.3 Å². The van der Waals surface area contributed by atoms with Gasteiger partial charge in [-0.05, 0) is 44.4 Å². The average Bonchev–Trinajstić information content (AvgIpc) is 3.36. The second-order valence-corrected chi connectivity index (χ2v) is 7.68. The minimum absolute atomic E-state index is 0.0236. The zero-order valence-electron chi connectivity index (χ0n) is 16.8. The summed E-state index contributed by atoms with van der Waals surface area (Å²) in [4.78, 5) is 24.4. The van der Waals surface area contributed by atoms with Crippen molar-refractivity contribution in [3.05, 3.63) is 47.3 Å². The number of nitrogens with zero attached hydrogens (tertiary/aromatic N) is 3. The highest BCUT2D eigenvalue weighted by molar-refractivity contribution is 5.94. The van der Waals surface area contributed by atoms with Crippen molar-refractivity contribution < 1.29 is 9.59 Å². The van der Waals surface area contributed by atoms with Crippen molar-refractivity contribution in [2.75, 3.05) is 13.6 Å². The van der Waals surface area contributed by atoms with Crippen molar-refractivity contribution in [3.63, 3.8) is 0 Å². The average molecular weight is 384 g/mol. The Balaban J connectivity index is 1.67. The van der Waals surface area contributed by atoms with Gasteiger partial charge in [0.15, 0.2) is 0 Å². The van der Waals surface area contributed by atoms with Crippen LogP contribution in [0.3, 0.4) is 0 Å². The number of carbonyl (C=O) groups excluding carboxylic acids is 2. The Morgan fingerprint density at radius 2 is 2.00 bits per heavy atom. The molecule has 3 N–H and O–H groups in total. The highest BCUT2D eigenvalue weighted by Crippen LogP contribution is 2.23. The molecule has 150 valence electrons. The van der Waals surface area contributed by atoms with Crippen LogP contribution in [0.4, 0.5) is 0 Å². The lowest BCUT2D eigenvalue weighted by Gasteiger charge is -2.23. The standard InChI is InChI=1S/C20H28N6O2/c1-5-13-6-8-14(9-7-13)18(27)23-20(2,3)17-12-26(25-24-17)15-10-16(22-11-15)19(28)21-4/h6-9,12,15-16,22H,5,10-11H2,1-4H3,(H,21,28)(H,23,27)/t15-,16+/m1/s1. The summed E-state index contributed by atoms with van der Waals surface area (Å²) in [7, 11) is 1.63. The van der Waals surface area contributed by atoms with E-state index in [0.717, 1.165) is 6.42 Å². The first-order chi connectivity index (χ1) is 13.3. The van der Waals surface area contributed by atoms with Crippen molar-refractivity contribution >= 4 is 11.8 Å². The molecule has 8 nitrogen and oxygen atoms in total. The zero-order chi connectivity index (χ0) is 20.3. The number of nitrogens with one attached hydrogen (secondary N) is 3. The number of hydrogen-bond donors (Lipinski definition) is 3. The summed E-state index contributed by atoms with van der Waals surface area (Å²) in [5, 5.41) is 17.4. The fraction of sp³-hybridized carbons (Fsp3) is 0.500. The Hall–Kier alpha value is -2.74. The molecule has 2 amide bonds. The monoisotopic (exact) mass is 384 g/mol. The van der Waals surface area contributed by atoms with E-state index >= 15 is 0 Å². The first-order valence-corrected chi connectivity index (χ1v) is 9.62. The molecule has 0 unspecified atom stereocenters. The molecule has 0 bridgehead atoms. The van der Waals surface area contributed by atoms with Gasteiger partial charge in [-0.25, -0.2) is 4.68 Å². The van der Waals surface area contributed by atoms with Crippen LogP contribution >= 0.6 is 0 Å². The molecule has 0 saturated carbocycles. The minimum atomic E-state index is -0.676. The van der Waals surface area contributed by atoms with Gasteiger partial charge in [0, 0.05) is 19.2 Å². The van der Waals surface area contributed by atoms with Crippen LogP contribution in [0.1, 0.15) is 54.8 Å². The Kier molecular flexibility index (Phi) is 5.79.